The summed E-state index contributed by atoms with van der Waals surface area (Å²) < 4.78 is 2.62. The first-order valence-corrected chi connectivity index (χ1v) is 18.8. The number of thiophene rings is 1. The van der Waals surface area contributed by atoms with Crippen molar-refractivity contribution in [2.24, 2.45) is 0 Å². The van der Waals surface area contributed by atoms with Crippen LogP contribution in [0.3, 0.4) is 0 Å². The third kappa shape index (κ3) is 3.92. The van der Waals surface area contributed by atoms with E-state index < -0.39 is 0 Å². The van der Waals surface area contributed by atoms with Gasteiger partial charge in [-0.2, -0.15) is 0 Å². The number of hydrogen-bond donors (Lipinski definition) is 0. The van der Waals surface area contributed by atoms with Crippen molar-refractivity contribution >= 4 is 70.7 Å². The summed E-state index contributed by atoms with van der Waals surface area (Å²) in [6.07, 6.45) is 0. The Morgan fingerprint density at radius 3 is 2.08 bits per heavy atom. The molecule has 0 unspecified atom stereocenters. The van der Waals surface area contributed by atoms with Crippen LogP contribution >= 0.6 is 22.7 Å². The molecule has 7 aromatic carbocycles. The molecule has 2 aromatic heterocycles. The van der Waals surface area contributed by atoms with Gasteiger partial charge in [0.1, 0.15) is 5.01 Å². The minimum absolute atomic E-state index is 0.0823. The lowest BCUT2D eigenvalue weighted by Gasteiger charge is -2.28. The van der Waals surface area contributed by atoms with E-state index in [0.29, 0.717) is 0 Å². The van der Waals surface area contributed by atoms with Crippen LogP contribution in [0.1, 0.15) is 25.0 Å². The Morgan fingerprint density at radius 2 is 1.20 bits per heavy atom. The molecule has 0 saturated heterocycles. The lowest BCUT2D eigenvalue weighted by Crippen LogP contribution is -2.16. The fourth-order valence-corrected chi connectivity index (χ4v) is 10.7. The van der Waals surface area contributed by atoms with E-state index in [0.717, 1.165) is 33.3 Å². The molecule has 2 aliphatic carbocycles. The number of rotatable bonds is 4. The quantitative estimate of drug-likeness (QED) is 0.185. The molecule has 11 rings (SSSR count). The van der Waals surface area contributed by atoms with Gasteiger partial charge in [-0.05, 0) is 87.6 Å². The van der Waals surface area contributed by atoms with Crippen molar-refractivity contribution in [2.45, 2.75) is 19.3 Å². The lowest BCUT2D eigenvalue weighted by atomic mass is 9.82. The molecule has 0 aliphatic heterocycles. The van der Waals surface area contributed by atoms with E-state index in [1.165, 1.54) is 69.2 Å². The number of fused-ring (bicyclic) bond motifs is 9. The predicted octanol–water partition coefficient (Wildman–Crippen LogP) is 13.8. The molecule has 0 atom stereocenters. The summed E-state index contributed by atoms with van der Waals surface area (Å²) in [5, 5.41) is 6.30. The molecule has 0 fully saturated rings. The Labute approximate surface area is 298 Å². The Balaban J connectivity index is 1.04. The largest absolute Gasteiger partial charge is 0.310 e. The highest BCUT2D eigenvalue weighted by Gasteiger charge is 2.36. The van der Waals surface area contributed by atoms with Gasteiger partial charge in [0.25, 0.3) is 0 Å². The fourth-order valence-electron chi connectivity index (χ4n) is 8.42. The van der Waals surface area contributed by atoms with Crippen molar-refractivity contribution in [1.29, 1.82) is 0 Å². The molecule has 2 heterocycles. The second kappa shape index (κ2) is 10.2. The molecule has 0 bridgehead atoms. The molecular formula is C46H30N2S2. The highest BCUT2D eigenvalue weighted by molar-refractivity contribution is 7.25. The molecule has 2 nitrogen and oxygen atoms in total. The van der Waals surface area contributed by atoms with E-state index in [9.17, 15) is 0 Å². The van der Waals surface area contributed by atoms with E-state index in [1.807, 2.05) is 11.3 Å². The van der Waals surface area contributed by atoms with Gasteiger partial charge in [-0.15, -0.1) is 22.7 Å². The standard InChI is InChI=1S/C46H30N2S2/c1-46(2)38-15-5-3-11-32(38)33-23-21-30(25-39(33)46)48(31-22-24-35-34-12-4-6-16-40(34)49-41(35)26-31)29-19-17-28(18-20-29)45-47-43-36-13-7-9-27-10-8-14-37(42(27)36)44(43)50-45/h3-26H,1-2H3. The van der Waals surface area contributed by atoms with Crippen LogP contribution in [0.5, 0.6) is 0 Å². The van der Waals surface area contributed by atoms with Crippen molar-refractivity contribution in [3.8, 4) is 43.4 Å². The summed E-state index contributed by atoms with van der Waals surface area (Å²) in [5.74, 6) is 0. The maximum absolute atomic E-state index is 5.23. The van der Waals surface area contributed by atoms with Crippen LogP contribution in [0.4, 0.5) is 17.1 Å². The summed E-state index contributed by atoms with van der Waals surface area (Å²) in [6, 6.07) is 53.8. The monoisotopic (exact) mass is 674 g/mol. The first kappa shape index (κ1) is 28.3. The second-order valence-corrected chi connectivity index (χ2v) is 16.1. The van der Waals surface area contributed by atoms with Gasteiger partial charge in [0.2, 0.25) is 0 Å². The van der Waals surface area contributed by atoms with Crippen LogP contribution in [-0.2, 0) is 5.41 Å². The highest BCUT2D eigenvalue weighted by Crippen LogP contribution is 2.53. The first-order chi connectivity index (χ1) is 24.5. The van der Waals surface area contributed by atoms with Crippen LogP contribution in [0.15, 0.2) is 146 Å². The molecule has 2 aliphatic rings. The van der Waals surface area contributed by atoms with Crippen molar-refractivity contribution in [1.82, 2.24) is 4.98 Å². The molecule has 4 heteroatoms. The normalized spacial score (nSPS) is 13.6. The zero-order valence-electron chi connectivity index (χ0n) is 27.6. The van der Waals surface area contributed by atoms with Crippen LogP contribution in [0.25, 0.3) is 74.3 Å². The minimum atomic E-state index is -0.0823. The van der Waals surface area contributed by atoms with Gasteiger partial charge < -0.3 is 4.90 Å². The molecular weight excluding hydrogens is 645 g/mol. The summed E-state index contributed by atoms with van der Waals surface area (Å²) in [6.45, 7) is 4.71. The minimum Gasteiger partial charge on any atom is -0.310 e. The Hall–Kier alpha value is -5.55. The third-order valence-electron chi connectivity index (χ3n) is 10.8. The van der Waals surface area contributed by atoms with Gasteiger partial charge in [0.15, 0.2) is 0 Å². The van der Waals surface area contributed by atoms with E-state index in [4.69, 9.17) is 4.98 Å². The van der Waals surface area contributed by atoms with Crippen molar-refractivity contribution in [3.05, 3.63) is 157 Å². The SMILES string of the molecule is CC1(C)c2ccccc2-c2ccc(N(c3ccc(-c4nc5c(s4)-c4cccc6cccc-5c46)cc3)c3ccc4c(c3)sc3ccccc34)cc21. The van der Waals surface area contributed by atoms with Crippen molar-refractivity contribution < 1.29 is 0 Å². The van der Waals surface area contributed by atoms with Crippen molar-refractivity contribution in [3.63, 3.8) is 0 Å². The smallest absolute Gasteiger partial charge is 0.124 e. The maximum Gasteiger partial charge on any atom is 0.124 e. The Bertz CT molecular complexity index is 2800. The van der Waals surface area contributed by atoms with E-state index in [1.54, 1.807) is 11.3 Å². The fraction of sp³-hybridized carbons (Fsp3) is 0.0652. The second-order valence-electron chi connectivity index (χ2n) is 14.0. The zero-order valence-corrected chi connectivity index (χ0v) is 29.2. The predicted molar refractivity (Wildman–Crippen MR) is 215 cm³/mol. The number of benzene rings is 7. The van der Waals surface area contributed by atoms with Crippen LogP contribution in [-0.4, -0.2) is 4.98 Å². The van der Waals surface area contributed by atoms with E-state index in [-0.39, 0.29) is 5.41 Å². The number of aromatic nitrogens is 1. The van der Waals surface area contributed by atoms with Gasteiger partial charge >= 0.3 is 0 Å². The highest BCUT2D eigenvalue weighted by atomic mass is 32.1. The lowest BCUT2D eigenvalue weighted by molar-refractivity contribution is 0.660. The number of anilines is 3. The van der Waals surface area contributed by atoms with Crippen LogP contribution in [0.2, 0.25) is 0 Å². The molecule has 0 saturated carbocycles. The topological polar surface area (TPSA) is 16.1 Å². The number of nitrogens with zero attached hydrogens (tertiary/aromatic N) is 2. The molecule has 0 spiro atoms. The average molecular weight is 675 g/mol. The van der Waals surface area contributed by atoms with E-state index in [2.05, 4.69) is 164 Å². The maximum atomic E-state index is 5.23. The summed E-state index contributed by atoms with van der Waals surface area (Å²) in [5.41, 5.74) is 13.6. The van der Waals surface area contributed by atoms with Crippen molar-refractivity contribution in [2.75, 3.05) is 4.90 Å². The molecule has 236 valence electrons. The molecule has 0 amide bonds. The van der Waals surface area contributed by atoms with Gasteiger partial charge in [0.05, 0.1) is 10.6 Å². The number of hydrogen-bond acceptors (Lipinski definition) is 4. The molecule has 9 aromatic rings. The van der Waals surface area contributed by atoms with Gasteiger partial charge in [-0.1, -0.05) is 105 Å². The van der Waals surface area contributed by atoms with E-state index >= 15 is 0 Å². The number of thiazole rings is 1. The average Bonchev–Trinajstić information content (AvgIpc) is 3.89. The van der Waals surface area contributed by atoms with Crippen LogP contribution < -0.4 is 4.90 Å². The zero-order chi connectivity index (χ0) is 33.1. The summed E-state index contributed by atoms with van der Waals surface area (Å²) in [7, 11) is 0. The summed E-state index contributed by atoms with van der Waals surface area (Å²) >= 11 is 3.66. The molecule has 50 heavy (non-hydrogen) atoms. The summed E-state index contributed by atoms with van der Waals surface area (Å²) in [4.78, 5) is 8.92. The van der Waals surface area contributed by atoms with Gasteiger partial charge in [-0.3, -0.25) is 0 Å². The Kier molecular flexibility index (Phi) is 5.80. The van der Waals surface area contributed by atoms with Gasteiger partial charge in [0, 0.05) is 59.3 Å². The Morgan fingerprint density at radius 1 is 0.520 bits per heavy atom. The molecule has 0 radical (unpaired) electrons. The van der Waals surface area contributed by atoms with Gasteiger partial charge in [-0.25, -0.2) is 4.98 Å². The molecule has 0 N–H and O–H groups in total. The van der Waals surface area contributed by atoms with Crippen LogP contribution in [0, 0.1) is 0 Å². The first-order valence-electron chi connectivity index (χ1n) is 17.1. The third-order valence-corrected chi connectivity index (χ3v) is 13.1.